The lowest BCUT2D eigenvalue weighted by Crippen LogP contribution is -2.23. The van der Waals surface area contributed by atoms with E-state index in [1.54, 1.807) is 0 Å². The third-order valence-electron chi connectivity index (χ3n) is 2.52. The van der Waals surface area contributed by atoms with E-state index in [2.05, 4.69) is 22.5 Å². The molecule has 1 aromatic carbocycles. The number of aromatic nitrogens is 2. The molecule has 0 unspecified atom stereocenters. The predicted molar refractivity (Wildman–Crippen MR) is 62.8 cm³/mol. The van der Waals surface area contributed by atoms with Gasteiger partial charge in [-0.3, -0.25) is 0 Å². The van der Waals surface area contributed by atoms with E-state index in [0.717, 1.165) is 24.3 Å². The summed E-state index contributed by atoms with van der Waals surface area (Å²) < 4.78 is 2.22. The molecule has 1 atom stereocenters. The van der Waals surface area contributed by atoms with Crippen LogP contribution in [0, 0.1) is 0 Å². The van der Waals surface area contributed by atoms with Crippen molar-refractivity contribution in [3.63, 3.8) is 0 Å². The second-order valence-corrected chi connectivity index (χ2v) is 3.96. The Morgan fingerprint density at radius 2 is 2.13 bits per heavy atom. The van der Waals surface area contributed by atoms with Crippen LogP contribution in [0.5, 0.6) is 0 Å². The molecule has 0 bridgehead atoms. The zero-order valence-electron chi connectivity index (χ0n) is 9.27. The SMILES string of the molecule is CCc1nc2ccccc2n1C[C@H](C)N. The summed E-state index contributed by atoms with van der Waals surface area (Å²) in [5, 5.41) is 0. The lowest BCUT2D eigenvalue weighted by molar-refractivity contribution is 0.581. The number of imidazole rings is 1. The van der Waals surface area contributed by atoms with E-state index >= 15 is 0 Å². The molecular formula is C12H17N3. The van der Waals surface area contributed by atoms with Crippen LogP contribution in [0.4, 0.5) is 0 Å². The van der Waals surface area contributed by atoms with Gasteiger partial charge in [0.2, 0.25) is 0 Å². The van der Waals surface area contributed by atoms with Crippen LogP contribution in [0.2, 0.25) is 0 Å². The Kier molecular flexibility index (Phi) is 2.73. The number of rotatable bonds is 3. The smallest absolute Gasteiger partial charge is 0.109 e. The van der Waals surface area contributed by atoms with E-state index in [4.69, 9.17) is 5.73 Å². The molecular weight excluding hydrogens is 186 g/mol. The molecule has 0 saturated carbocycles. The monoisotopic (exact) mass is 203 g/mol. The highest BCUT2D eigenvalue weighted by Gasteiger charge is 2.09. The van der Waals surface area contributed by atoms with Gasteiger partial charge in [0.1, 0.15) is 5.82 Å². The lowest BCUT2D eigenvalue weighted by atomic mass is 10.3. The highest BCUT2D eigenvalue weighted by Crippen LogP contribution is 2.16. The summed E-state index contributed by atoms with van der Waals surface area (Å²) in [5.74, 6) is 1.12. The third kappa shape index (κ3) is 1.88. The molecule has 0 spiro atoms. The fourth-order valence-corrected chi connectivity index (χ4v) is 1.89. The zero-order chi connectivity index (χ0) is 10.8. The average molecular weight is 203 g/mol. The normalized spacial score (nSPS) is 13.3. The van der Waals surface area contributed by atoms with Gasteiger partial charge in [-0.2, -0.15) is 0 Å². The summed E-state index contributed by atoms with van der Waals surface area (Å²) in [5.41, 5.74) is 8.10. The van der Waals surface area contributed by atoms with Crippen LogP contribution >= 0.6 is 0 Å². The second kappa shape index (κ2) is 4.03. The Balaban J connectivity index is 2.56. The molecule has 80 valence electrons. The molecule has 0 aliphatic rings. The van der Waals surface area contributed by atoms with Crippen LogP contribution in [0.25, 0.3) is 11.0 Å². The molecule has 15 heavy (non-hydrogen) atoms. The number of fused-ring (bicyclic) bond motifs is 1. The maximum Gasteiger partial charge on any atom is 0.109 e. The minimum atomic E-state index is 0.160. The van der Waals surface area contributed by atoms with Gasteiger partial charge in [-0.05, 0) is 19.1 Å². The predicted octanol–water partition coefficient (Wildman–Crippen LogP) is 1.95. The minimum Gasteiger partial charge on any atom is -0.326 e. The van der Waals surface area contributed by atoms with Crippen molar-refractivity contribution in [1.29, 1.82) is 0 Å². The van der Waals surface area contributed by atoms with Gasteiger partial charge in [0.05, 0.1) is 11.0 Å². The molecule has 2 rings (SSSR count). The first kappa shape index (κ1) is 10.2. The van der Waals surface area contributed by atoms with Crippen molar-refractivity contribution in [2.45, 2.75) is 32.9 Å². The Bertz CT molecular complexity index is 457. The molecule has 3 heteroatoms. The molecule has 0 amide bonds. The Labute approximate surface area is 89.9 Å². The van der Waals surface area contributed by atoms with Crippen molar-refractivity contribution in [2.75, 3.05) is 0 Å². The van der Waals surface area contributed by atoms with Gasteiger partial charge in [-0.1, -0.05) is 19.1 Å². The quantitative estimate of drug-likeness (QED) is 0.828. The minimum absolute atomic E-state index is 0.160. The van der Waals surface area contributed by atoms with Crippen molar-refractivity contribution in [2.24, 2.45) is 5.73 Å². The van der Waals surface area contributed by atoms with Crippen LogP contribution in [0.1, 0.15) is 19.7 Å². The average Bonchev–Trinajstić information content (AvgIpc) is 2.56. The van der Waals surface area contributed by atoms with E-state index < -0.39 is 0 Å². The fraction of sp³-hybridized carbons (Fsp3) is 0.417. The van der Waals surface area contributed by atoms with Gasteiger partial charge in [-0.15, -0.1) is 0 Å². The first-order valence-corrected chi connectivity index (χ1v) is 5.42. The van der Waals surface area contributed by atoms with Gasteiger partial charge in [0.25, 0.3) is 0 Å². The Hall–Kier alpha value is -1.35. The number of hydrogen-bond acceptors (Lipinski definition) is 2. The molecule has 2 N–H and O–H groups in total. The largest absolute Gasteiger partial charge is 0.326 e. The van der Waals surface area contributed by atoms with E-state index in [-0.39, 0.29) is 6.04 Å². The van der Waals surface area contributed by atoms with Gasteiger partial charge in [0, 0.05) is 19.0 Å². The third-order valence-corrected chi connectivity index (χ3v) is 2.52. The van der Waals surface area contributed by atoms with E-state index in [0.29, 0.717) is 0 Å². The van der Waals surface area contributed by atoms with Crippen LogP contribution < -0.4 is 5.73 Å². The summed E-state index contributed by atoms with van der Waals surface area (Å²) >= 11 is 0. The summed E-state index contributed by atoms with van der Waals surface area (Å²) in [6.45, 7) is 4.98. The number of hydrogen-bond donors (Lipinski definition) is 1. The summed E-state index contributed by atoms with van der Waals surface area (Å²) in [7, 11) is 0. The van der Waals surface area contributed by atoms with Gasteiger partial charge in [0.15, 0.2) is 0 Å². The van der Waals surface area contributed by atoms with Crippen LogP contribution in [-0.2, 0) is 13.0 Å². The van der Waals surface area contributed by atoms with Crippen molar-refractivity contribution < 1.29 is 0 Å². The molecule has 3 nitrogen and oxygen atoms in total. The molecule has 1 aromatic heterocycles. The van der Waals surface area contributed by atoms with E-state index in [9.17, 15) is 0 Å². The number of benzene rings is 1. The summed E-state index contributed by atoms with van der Waals surface area (Å²) in [4.78, 5) is 4.59. The van der Waals surface area contributed by atoms with Crippen molar-refractivity contribution >= 4 is 11.0 Å². The highest BCUT2D eigenvalue weighted by atomic mass is 15.1. The molecule has 2 aromatic rings. The standard InChI is InChI=1S/C12H17N3/c1-3-12-14-10-6-4-5-7-11(10)15(12)8-9(2)13/h4-7,9H,3,8,13H2,1-2H3/t9-/m0/s1. The van der Waals surface area contributed by atoms with Gasteiger partial charge >= 0.3 is 0 Å². The Morgan fingerprint density at radius 3 is 2.80 bits per heavy atom. The van der Waals surface area contributed by atoms with Crippen molar-refractivity contribution in [3.8, 4) is 0 Å². The lowest BCUT2D eigenvalue weighted by Gasteiger charge is -2.10. The van der Waals surface area contributed by atoms with Crippen LogP contribution in [0.3, 0.4) is 0 Å². The van der Waals surface area contributed by atoms with Gasteiger partial charge < -0.3 is 10.3 Å². The molecule has 1 heterocycles. The number of para-hydroxylation sites is 2. The van der Waals surface area contributed by atoms with Crippen molar-refractivity contribution in [3.05, 3.63) is 30.1 Å². The maximum absolute atomic E-state index is 5.85. The Morgan fingerprint density at radius 1 is 1.40 bits per heavy atom. The summed E-state index contributed by atoms with van der Waals surface area (Å²) in [6.07, 6.45) is 0.946. The number of nitrogens with two attached hydrogens (primary N) is 1. The summed E-state index contributed by atoms with van der Waals surface area (Å²) in [6, 6.07) is 8.37. The van der Waals surface area contributed by atoms with Gasteiger partial charge in [-0.25, -0.2) is 4.98 Å². The zero-order valence-corrected chi connectivity index (χ0v) is 9.27. The second-order valence-electron chi connectivity index (χ2n) is 3.96. The van der Waals surface area contributed by atoms with Crippen molar-refractivity contribution in [1.82, 2.24) is 9.55 Å². The van der Waals surface area contributed by atoms with Crippen LogP contribution in [0.15, 0.2) is 24.3 Å². The first-order chi connectivity index (χ1) is 7.22. The molecule has 0 aliphatic heterocycles. The maximum atomic E-state index is 5.85. The molecule has 0 aliphatic carbocycles. The van der Waals surface area contributed by atoms with E-state index in [1.807, 2.05) is 25.1 Å². The van der Waals surface area contributed by atoms with E-state index in [1.165, 1.54) is 5.52 Å². The number of aryl methyl sites for hydroxylation is 1. The number of nitrogens with zero attached hydrogens (tertiary/aromatic N) is 2. The topological polar surface area (TPSA) is 43.8 Å². The first-order valence-electron chi connectivity index (χ1n) is 5.42. The molecule has 0 radical (unpaired) electrons. The van der Waals surface area contributed by atoms with Crippen LogP contribution in [-0.4, -0.2) is 15.6 Å². The molecule has 0 saturated heterocycles. The fourth-order valence-electron chi connectivity index (χ4n) is 1.89. The molecule has 0 fully saturated rings. The highest BCUT2D eigenvalue weighted by molar-refractivity contribution is 5.75.